The van der Waals surface area contributed by atoms with Crippen LogP contribution in [0.1, 0.15) is 97.3 Å². The molecule has 1 saturated heterocycles. The second kappa shape index (κ2) is 42.3. The van der Waals surface area contributed by atoms with Gasteiger partial charge >= 0.3 is 0 Å². The molecule has 1 aliphatic heterocycles. The van der Waals surface area contributed by atoms with Gasteiger partial charge in [0.2, 0.25) is 0 Å². The Kier molecular flexibility index (Phi) is 40.3. The van der Waals surface area contributed by atoms with E-state index in [9.17, 15) is 30.3 Å². The zero-order chi connectivity index (χ0) is 44.6. The second-order valence-corrected chi connectivity index (χ2v) is 13.2. The van der Waals surface area contributed by atoms with Gasteiger partial charge in [0, 0.05) is 74.2 Å². The van der Waals surface area contributed by atoms with Crippen molar-refractivity contribution < 1.29 is 72.5 Å². The minimum atomic E-state index is -1.64. The second-order valence-electron chi connectivity index (χ2n) is 13.2. The minimum Gasteiger partial charge on any atom is -0.470 e. The monoisotopic (exact) mass is 925 g/mol. The van der Waals surface area contributed by atoms with Gasteiger partial charge in [-0.3, -0.25) is 11.8 Å². The summed E-state index contributed by atoms with van der Waals surface area (Å²) in [5, 5.41) is 58.1. The van der Waals surface area contributed by atoms with E-state index < -0.39 is 61.5 Å². The van der Waals surface area contributed by atoms with Crippen LogP contribution in [0.4, 0.5) is 0 Å². The van der Waals surface area contributed by atoms with Gasteiger partial charge in [0.25, 0.3) is 5.91 Å². The van der Waals surface area contributed by atoms with Gasteiger partial charge in [-0.2, -0.15) is 0 Å². The summed E-state index contributed by atoms with van der Waals surface area (Å²) >= 11 is 0. The van der Waals surface area contributed by atoms with E-state index in [1.165, 1.54) is 51.4 Å². The van der Waals surface area contributed by atoms with Crippen LogP contribution in [-0.4, -0.2) is 93.5 Å². The van der Waals surface area contributed by atoms with Crippen LogP contribution in [0.15, 0.2) is 0 Å². The average Bonchev–Trinajstić information content (AvgIpc) is 3.25. The molecule has 7 N–H and O–H groups in total. The summed E-state index contributed by atoms with van der Waals surface area (Å²) < 4.78 is 11.3. The molecule has 0 bridgehead atoms. The molecular weight excluding hydrogens is 869 g/mol. The Labute approximate surface area is 402 Å². The van der Waals surface area contributed by atoms with E-state index in [1.54, 1.807) is 6.92 Å². The predicted molar refractivity (Wildman–Crippen MR) is 241 cm³/mol. The average molecular weight is 926 g/mol. The molecule has 1 rings (SSSR count). The molecule has 1 aliphatic rings. The van der Waals surface area contributed by atoms with E-state index in [-0.39, 0.29) is 53.1 Å². The standard InChI is InChI=1S/C51H53N2O8.CH3.Y/c1-4-6-8-10-12-14-16-18-19-20-21-22-23-24-25-26-27-28-30-32-34-36-38-40-46(55)53-43(42-60-51-50(59)49(58)48(57)45(61-51)41-52-3)47(56)44(54)39-37-35-33-31-29-17-15-13-11-9-7-5-2;;/h43-45,47-52,54,56-59H,3,5,7,9,11,13,15,17,29,31,33,35,37,39,41-42H2,1-2H3,(H,53,55);1H3;/q2*-1;/t43-,44+,45?,47-,48?,49?,50?,51?;;/m0../s1. The number of ether oxygens (including phenoxy) is 2. The van der Waals surface area contributed by atoms with Crippen molar-refractivity contribution in [3.05, 3.63) is 14.5 Å². The fourth-order valence-corrected chi connectivity index (χ4v) is 5.40. The Morgan fingerprint density at radius 2 is 1.02 bits per heavy atom. The maximum Gasteiger partial charge on any atom is 0.297 e. The van der Waals surface area contributed by atoms with Gasteiger partial charge in [-0.15, -0.1) is 0 Å². The number of hydrogen-bond donors (Lipinski definition) is 7. The number of hydrogen-bond acceptors (Lipinski definition) is 9. The predicted octanol–water partition coefficient (Wildman–Crippen LogP) is 2.00. The molecule has 0 aliphatic carbocycles. The molecule has 0 aromatic carbocycles. The third kappa shape index (κ3) is 31.5. The Balaban J connectivity index is 0. The molecule has 11 heteroatoms. The number of nitrogens with one attached hydrogen (secondary N) is 2. The molecule has 5 unspecified atom stereocenters. The first-order valence-corrected chi connectivity index (χ1v) is 20.2. The molecule has 1 fully saturated rings. The van der Waals surface area contributed by atoms with Crippen LogP contribution in [-0.2, 0) is 47.0 Å². The number of aliphatic hydroxyl groups excluding tert-OH is 5. The van der Waals surface area contributed by atoms with Crippen LogP contribution >= 0.6 is 0 Å². The zero-order valence-electron chi connectivity index (χ0n) is 36.5. The van der Waals surface area contributed by atoms with Gasteiger partial charge in [-0.25, -0.2) is 0 Å². The zero-order valence-corrected chi connectivity index (χ0v) is 39.3. The number of aliphatic hydroxyl groups is 5. The van der Waals surface area contributed by atoms with E-state index >= 15 is 0 Å². The van der Waals surface area contributed by atoms with E-state index in [1.807, 2.05) is 0 Å². The van der Waals surface area contributed by atoms with Gasteiger partial charge in [0.1, 0.15) is 24.4 Å². The Hall–Kier alpha value is -5.03. The van der Waals surface area contributed by atoms with Crippen LogP contribution in [0.25, 0.3) is 0 Å². The maximum atomic E-state index is 12.7. The summed E-state index contributed by atoms with van der Waals surface area (Å²) in [6.45, 7) is 3.50. The van der Waals surface area contributed by atoms with E-state index in [2.05, 4.69) is 167 Å². The topological polar surface area (TPSA) is 161 Å². The summed E-state index contributed by atoms with van der Waals surface area (Å²) in [6, 6.07) is -1.20. The molecule has 1 radical (unpaired) electrons. The third-order valence-corrected chi connectivity index (χ3v) is 8.54. The first-order chi connectivity index (χ1) is 29.8. The van der Waals surface area contributed by atoms with Gasteiger partial charge in [0.15, 0.2) is 6.29 Å². The molecule has 0 saturated carbocycles. The smallest absolute Gasteiger partial charge is 0.297 e. The summed E-state index contributed by atoms with van der Waals surface area (Å²) in [5.74, 6) is 58.6. The molecule has 1 heterocycles. The molecule has 8 atom stereocenters. The van der Waals surface area contributed by atoms with Crippen LogP contribution in [0.3, 0.4) is 0 Å². The first-order valence-electron chi connectivity index (χ1n) is 20.2. The SMILES string of the molecule is [CH2-]NCC1OC(OC[C@H](NC(=O)C#CC#CC#CC#CC#CC#CC#CC#CC#CC#CC#CC#CC)[C@H](O)[C@H](O)CCCCCCCCCCCCCC)C(O)C(O)C1O.[CH3-].[Y]. The molecule has 63 heavy (non-hydrogen) atoms. The van der Waals surface area contributed by atoms with Crippen molar-refractivity contribution in [3.8, 4) is 142 Å². The number of amides is 1. The number of carbonyl (C=O) groups excluding carboxylic acids is 1. The number of unbranched alkanes of at least 4 members (excludes halogenated alkanes) is 11. The summed E-state index contributed by atoms with van der Waals surface area (Å²) in [4.78, 5) is 12.7. The van der Waals surface area contributed by atoms with Crippen molar-refractivity contribution in [2.75, 3.05) is 13.2 Å². The first kappa shape index (κ1) is 60.1. The number of rotatable bonds is 21. The normalized spacial score (nSPS) is 17.1. The molecule has 0 aromatic rings. The van der Waals surface area contributed by atoms with Crippen molar-refractivity contribution >= 4 is 5.91 Å². The third-order valence-electron chi connectivity index (χ3n) is 8.54. The Morgan fingerprint density at radius 1 is 0.619 bits per heavy atom. The molecular formula is C52H56N2O8Y-2. The Bertz CT molecular complexity index is 2170. The van der Waals surface area contributed by atoms with Crippen molar-refractivity contribution in [1.82, 2.24) is 10.6 Å². The quantitative estimate of drug-likeness (QED) is 0.0520. The van der Waals surface area contributed by atoms with Gasteiger partial charge in [-0.1, -0.05) is 89.9 Å². The van der Waals surface area contributed by atoms with Crippen molar-refractivity contribution in [2.24, 2.45) is 0 Å². The molecule has 327 valence electrons. The Morgan fingerprint density at radius 3 is 1.43 bits per heavy atom. The fourth-order valence-electron chi connectivity index (χ4n) is 5.40. The summed E-state index contributed by atoms with van der Waals surface area (Å²) in [5.41, 5.74) is 0. The van der Waals surface area contributed by atoms with E-state index in [4.69, 9.17) is 9.47 Å². The van der Waals surface area contributed by atoms with Crippen molar-refractivity contribution in [2.45, 2.75) is 146 Å². The fraction of sp³-hybridized carbons (Fsp3) is 0.481. The maximum absolute atomic E-state index is 12.7. The van der Waals surface area contributed by atoms with Crippen LogP contribution in [0, 0.1) is 157 Å². The molecule has 0 aromatic heterocycles. The van der Waals surface area contributed by atoms with E-state index in [0.717, 1.165) is 19.3 Å². The molecule has 10 nitrogen and oxygen atoms in total. The van der Waals surface area contributed by atoms with Crippen LogP contribution in [0.5, 0.6) is 0 Å². The summed E-state index contributed by atoms with van der Waals surface area (Å²) in [7, 11) is 3.49. The summed E-state index contributed by atoms with van der Waals surface area (Å²) in [6.07, 6.45) is 4.32. The van der Waals surface area contributed by atoms with Crippen molar-refractivity contribution in [1.29, 1.82) is 0 Å². The largest absolute Gasteiger partial charge is 0.470 e. The van der Waals surface area contributed by atoms with Crippen LogP contribution in [0.2, 0.25) is 0 Å². The number of carbonyl (C=O) groups is 1. The van der Waals surface area contributed by atoms with Gasteiger partial charge < -0.3 is 53.1 Å². The van der Waals surface area contributed by atoms with Crippen molar-refractivity contribution in [3.63, 3.8) is 0 Å². The molecule has 0 spiro atoms. The van der Waals surface area contributed by atoms with Gasteiger partial charge in [0.05, 0.1) is 24.9 Å². The van der Waals surface area contributed by atoms with Crippen LogP contribution < -0.4 is 10.6 Å². The molecule has 1 amide bonds. The minimum absolute atomic E-state index is 0. The van der Waals surface area contributed by atoms with E-state index in [0.29, 0.717) is 6.42 Å². The van der Waals surface area contributed by atoms with Gasteiger partial charge in [-0.05, 0) is 115 Å².